The van der Waals surface area contributed by atoms with E-state index in [1.807, 2.05) is 18.2 Å². The number of halogens is 2. The van der Waals surface area contributed by atoms with Gasteiger partial charge < -0.3 is 15.0 Å². The van der Waals surface area contributed by atoms with Crippen molar-refractivity contribution in [3.8, 4) is 0 Å². The molecule has 29 heavy (non-hydrogen) atoms. The van der Waals surface area contributed by atoms with Gasteiger partial charge in [0.25, 0.3) is 0 Å². The van der Waals surface area contributed by atoms with Gasteiger partial charge in [-0.3, -0.25) is 9.59 Å². The van der Waals surface area contributed by atoms with E-state index in [4.69, 9.17) is 4.74 Å². The quantitative estimate of drug-likeness (QED) is 0.612. The first kappa shape index (κ1) is 20.4. The number of ketones is 1. The standard InChI is InChI=1S/C21H20F2N2O4/c22-15-6-7-18(23)17(12-15)19(26)13-29-20(27)14-8-10-25(11-9-14)21(28)24-16-4-2-1-3-5-16/h1-7,12,14H,8-11,13H2,(H,24,28). The van der Waals surface area contributed by atoms with Crippen LogP contribution >= 0.6 is 0 Å². The highest BCUT2D eigenvalue weighted by Crippen LogP contribution is 2.20. The number of nitrogens with one attached hydrogen (secondary N) is 1. The Labute approximate surface area is 166 Å². The second kappa shape index (κ2) is 9.27. The molecule has 1 heterocycles. The molecule has 0 radical (unpaired) electrons. The first-order valence-corrected chi connectivity index (χ1v) is 9.20. The number of hydrogen-bond donors (Lipinski definition) is 1. The summed E-state index contributed by atoms with van der Waals surface area (Å²) in [5, 5.41) is 2.78. The monoisotopic (exact) mass is 402 g/mol. The van der Waals surface area contributed by atoms with Crippen molar-refractivity contribution in [1.82, 2.24) is 4.90 Å². The average Bonchev–Trinajstić information content (AvgIpc) is 2.74. The van der Waals surface area contributed by atoms with Gasteiger partial charge in [-0.1, -0.05) is 18.2 Å². The lowest BCUT2D eigenvalue weighted by atomic mass is 9.97. The Morgan fingerprint density at radius 2 is 1.72 bits per heavy atom. The summed E-state index contributed by atoms with van der Waals surface area (Å²) in [6, 6.07) is 11.3. The number of para-hydroxylation sites is 1. The summed E-state index contributed by atoms with van der Waals surface area (Å²) in [5.41, 5.74) is 0.229. The lowest BCUT2D eigenvalue weighted by molar-refractivity contribution is -0.148. The summed E-state index contributed by atoms with van der Waals surface area (Å²) in [4.78, 5) is 38.0. The highest BCUT2D eigenvalue weighted by molar-refractivity contribution is 5.98. The molecule has 6 nitrogen and oxygen atoms in total. The summed E-state index contributed by atoms with van der Waals surface area (Å²) in [6.07, 6.45) is 0.785. The number of ether oxygens (including phenoxy) is 1. The molecule has 0 bridgehead atoms. The fraction of sp³-hybridized carbons (Fsp3) is 0.286. The van der Waals surface area contributed by atoms with Crippen molar-refractivity contribution in [3.05, 3.63) is 65.7 Å². The fourth-order valence-electron chi connectivity index (χ4n) is 3.09. The van der Waals surface area contributed by atoms with Crippen LogP contribution in [0, 0.1) is 17.6 Å². The molecular weight excluding hydrogens is 382 g/mol. The number of rotatable bonds is 5. The van der Waals surface area contributed by atoms with E-state index in [2.05, 4.69) is 5.32 Å². The summed E-state index contributed by atoms with van der Waals surface area (Å²) < 4.78 is 31.8. The van der Waals surface area contributed by atoms with Crippen LogP contribution in [0.3, 0.4) is 0 Å². The molecular formula is C21H20F2N2O4. The predicted octanol–water partition coefficient (Wildman–Crippen LogP) is 3.63. The van der Waals surface area contributed by atoms with Crippen molar-refractivity contribution in [2.24, 2.45) is 5.92 Å². The topological polar surface area (TPSA) is 75.7 Å². The lowest BCUT2D eigenvalue weighted by Crippen LogP contribution is -2.42. The van der Waals surface area contributed by atoms with Crippen LogP contribution in [0.2, 0.25) is 0 Å². The molecule has 1 aliphatic heterocycles. The summed E-state index contributed by atoms with van der Waals surface area (Å²) in [7, 11) is 0. The molecule has 1 fully saturated rings. The molecule has 0 aliphatic carbocycles. The third kappa shape index (κ3) is 5.37. The molecule has 2 aromatic carbocycles. The number of piperidine rings is 1. The number of hydrogen-bond acceptors (Lipinski definition) is 4. The first-order valence-electron chi connectivity index (χ1n) is 9.20. The van der Waals surface area contributed by atoms with Crippen molar-refractivity contribution >= 4 is 23.5 Å². The third-order valence-corrected chi connectivity index (χ3v) is 4.71. The smallest absolute Gasteiger partial charge is 0.321 e. The zero-order valence-corrected chi connectivity index (χ0v) is 15.6. The van der Waals surface area contributed by atoms with E-state index in [0.29, 0.717) is 31.6 Å². The molecule has 0 saturated carbocycles. The first-order chi connectivity index (χ1) is 13.9. The SMILES string of the molecule is O=C(COC(=O)C1CCN(C(=O)Nc2ccccc2)CC1)c1cc(F)ccc1F. The average molecular weight is 402 g/mol. The number of nitrogens with zero attached hydrogens (tertiary/aromatic N) is 1. The fourth-order valence-corrected chi connectivity index (χ4v) is 3.09. The molecule has 0 atom stereocenters. The van der Waals surface area contributed by atoms with E-state index >= 15 is 0 Å². The van der Waals surface area contributed by atoms with Gasteiger partial charge in [0, 0.05) is 18.8 Å². The lowest BCUT2D eigenvalue weighted by Gasteiger charge is -2.30. The second-order valence-corrected chi connectivity index (χ2v) is 6.71. The van der Waals surface area contributed by atoms with Crippen LogP contribution in [-0.4, -0.2) is 42.4 Å². The van der Waals surface area contributed by atoms with E-state index in [9.17, 15) is 23.2 Å². The Hall–Kier alpha value is -3.29. The Morgan fingerprint density at radius 3 is 2.41 bits per heavy atom. The van der Waals surface area contributed by atoms with E-state index in [1.165, 1.54) is 0 Å². The van der Waals surface area contributed by atoms with Gasteiger partial charge in [0.2, 0.25) is 5.78 Å². The zero-order valence-electron chi connectivity index (χ0n) is 15.6. The maximum atomic E-state index is 13.6. The van der Waals surface area contributed by atoms with Crippen LogP contribution < -0.4 is 5.32 Å². The molecule has 0 spiro atoms. The molecule has 2 amide bonds. The highest BCUT2D eigenvalue weighted by atomic mass is 19.1. The summed E-state index contributed by atoms with van der Waals surface area (Å²) >= 11 is 0. The minimum absolute atomic E-state index is 0.250. The van der Waals surface area contributed by atoms with Gasteiger partial charge in [-0.15, -0.1) is 0 Å². The number of urea groups is 1. The van der Waals surface area contributed by atoms with Crippen LogP contribution in [0.15, 0.2) is 48.5 Å². The summed E-state index contributed by atoms with van der Waals surface area (Å²) in [6.45, 7) is 0.0731. The molecule has 2 aromatic rings. The van der Waals surface area contributed by atoms with Crippen molar-refractivity contribution in [1.29, 1.82) is 0 Å². The van der Waals surface area contributed by atoms with Crippen LogP contribution in [-0.2, 0) is 9.53 Å². The Balaban J connectivity index is 1.45. The van der Waals surface area contributed by atoms with E-state index < -0.39 is 41.5 Å². The number of carbonyl (C=O) groups is 3. The number of amides is 2. The van der Waals surface area contributed by atoms with Crippen LogP contribution in [0.25, 0.3) is 0 Å². The molecule has 0 unspecified atom stereocenters. The molecule has 1 saturated heterocycles. The van der Waals surface area contributed by atoms with Crippen molar-refractivity contribution in [2.75, 3.05) is 25.0 Å². The van der Waals surface area contributed by atoms with Crippen molar-refractivity contribution in [2.45, 2.75) is 12.8 Å². The van der Waals surface area contributed by atoms with Crippen LogP contribution in [0.5, 0.6) is 0 Å². The molecule has 152 valence electrons. The van der Waals surface area contributed by atoms with E-state index in [-0.39, 0.29) is 6.03 Å². The van der Waals surface area contributed by atoms with Gasteiger partial charge in [-0.05, 0) is 43.2 Å². The van der Waals surface area contributed by atoms with E-state index in [0.717, 1.165) is 18.2 Å². The Morgan fingerprint density at radius 1 is 1.03 bits per heavy atom. The number of Topliss-reactive ketones (excluding diaryl/α,β-unsaturated/α-hetero) is 1. The number of esters is 1. The van der Waals surface area contributed by atoms with Gasteiger partial charge in [0.1, 0.15) is 11.6 Å². The van der Waals surface area contributed by atoms with Gasteiger partial charge in [-0.2, -0.15) is 0 Å². The Kier molecular flexibility index (Phi) is 6.54. The second-order valence-electron chi connectivity index (χ2n) is 6.71. The van der Waals surface area contributed by atoms with Crippen molar-refractivity contribution < 1.29 is 27.9 Å². The molecule has 0 aromatic heterocycles. The van der Waals surface area contributed by atoms with Gasteiger partial charge in [0.15, 0.2) is 6.61 Å². The van der Waals surface area contributed by atoms with E-state index in [1.54, 1.807) is 17.0 Å². The van der Waals surface area contributed by atoms with Crippen molar-refractivity contribution in [3.63, 3.8) is 0 Å². The molecule has 1 N–H and O–H groups in total. The van der Waals surface area contributed by atoms with Crippen LogP contribution in [0.1, 0.15) is 23.2 Å². The molecule has 1 aliphatic rings. The molecule has 3 rings (SSSR count). The third-order valence-electron chi connectivity index (χ3n) is 4.71. The maximum absolute atomic E-state index is 13.6. The summed E-state index contributed by atoms with van der Waals surface area (Å²) in [5.74, 6) is -3.47. The van der Waals surface area contributed by atoms with Gasteiger partial charge in [0.05, 0.1) is 11.5 Å². The van der Waals surface area contributed by atoms with Crippen LogP contribution in [0.4, 0.5) is 19.3 Å². The number of carbonyl (C=O) groups excluding carboxylic acids is 3. The number of likely N-dealkylation sites (tertiary alicyclic amines) is 1. The Bertz CT molecular complexity index is 897. The minimum Gasteiger partial charge on any atom is -0.457 e. The maximum Gasteiger partial charge on any atom is 0.321 e. The normalized spacial score (nSPS) is 14.3. The number of anilines is 1. The predicted molar refractivity (Wildman–Crippen MR) is 101 cm³/mol. The zero-order chi connectivity index (χ0) is 20.8. The largest absolute Gasteiger partial charge is 0.457 e. The molecule has 8 heteroatoms. The minimum atomic E-state index is -0.870. The van der Waals surface area contributed by atoms with Gasteiger partial charge in [-0.25, -0.2) is 13.6 Å². The number of benzene rings is 2. The highest BCUT2D eigenvalue weighted by Gasteiger charge is 2.29. The van der Waals surface area contributed by atoms with Gasteiger partial charge >= 0.3 is 12.0 Å².